The molecule has 2 amide bonds. The van der Waals surface area contributed by atoms with Crippen molar-refractivity contribution in [2.75, 3.05) is 20.1 Å². The maximum atomic E-state index is 11.1. The third-order valence-corrected chi connectivity index (χ3v) is 2.35. The van der Waals surface area contributed by atoms with Crippen molar-refractivity contribution in [2.45, 2.75) is 25.3 Å². The van der Waals surface area contributed by atoms with Crippen molar-refractivity contribution in [3.8, 4) is 0 Å². The van der Waals surface area contributed by atoms with Crippen LogP contribution in [0.15, 0.2) is 0 Å². The second kappa shape index (κ2) is 5.59. The van der Waals surface area contributed by atoms with Crippen molar-refractivity contribution in [3.05, 3.63) is 0 Å². The first-order valence-electron chi connectivity index (χ1n) is 4.97. The summed E-state index contributed by atoms with van der Waals surface area (Å²) in [4.78, 5) is 21.9. The van der Waals surface area contributed by atoms with Crippen molar-refractivity contribution in [3.63, 3.8) is 0 Å². The highest BCUT2D eigenvalue weighted by Gasteiger charge is 2.15. The van der Waals surface area contributed by atoms with Gasteiger partial charge >= 0.3 is 11.8 Å². The molecule has 0 aliphatic carbocycles. The average molecular weight is 199 g/mol. The summed E-state index contributed by atoms with van der Waals surface area (Å²) in [5, 5.41) is 8.16. The molecule has 0 aromatic carbocycles. The van der Waals surface area contributed by atoms with Gasteiger partial charge in [0.15, 0.2) is 0 Å². The van der Waals surface area contributed by atoms with Crippen LogP contribution in [0.2, 0.25) is 0 Å². The van der Waals surface area contributed by atoms with Crippen LogP contribution in [-0.4, -0.2) is 38.0 Å². The highest BCUT2D eigenvalue weighted by atomic mass is 16.2. The van der Waals surface area contributed by atoms with E-state index in [0.717, 1.165) is 13.0 Å². The number of hydrogen-bond acceptors (Lipinski definition) is 3. The minimum atomic E-state index is -0.583. The molecular weight excluding hydrogens is 182 g/mol. The Balaban J connectivity index is 2.18. The van der Waals surface area contributed by atoms with Crippen molar-refractivity contribution in [1.82, 2.24) is 16.0 Å². The SMILES string of the molecule is CNC(=O)C(=O)NCC1CCCCN1. The van der Waals surface area contributed by atoms with Gasteiger partial charge in [-0.1, -0.05) is 6.42 Å². The zero-order chi connectivity index (χ0) is 10.4. The first kappa shape index (κ1) is 11.0. The van der Waals surface area contributed by atoms with Crippen LogP contribution in [0.25, 0.3) is 0 Å². The molecule has 0 aromatic rings. The number of rotatable bonds is 2. The Hall–Kier alpha value is -1.10. The summed E-state index contributed by atoms with van der Waals surface area (Å²) >= 11 is 0. The van der Waals surface area contributed by atoms with Crippen LogP contribution in [0.1, 0.15) is 19.3 Å². The lowest BCUT2D eigenvalue weighted by Crippen LogP contribution is -2.46. The van der Waals surface area contributed by atoms with E-state index in [1.54, 1.807) is 0 Å². The van der Waals surface area contributed by atoms with Crippen LogP contribution in [0, 0.1) is 0 Å². The van der Waals surface area contributed by atoms with Gasteiger partial charge in [-0.3, -0.25) is 9.59 Å². The van der Waals surface area contributed by atoms with Gasteiger partial charge in [0.2, 0.25) is 0 Å². The van der Waals surface area contributed by atoms with Gasteiger partial charge in [-0.15, -0.1) is 0 Å². The van der Waals surface area contributed by atoms with Gasteiger partial charge in [0, 0.05) is 19.6 Å². The summed E-state index contributed by atoms with van der Waals surface area (Å²) in [7, 11) is 1.45. The van der Waals surface area contributed by atoms with Crippen LogP contribution >= 0.6 is 0 Å². The Morgan fingerprint density at radius 3 is 2.71 bits per heavy atom. The van der Waals surface area contributed by atoms with Crippen molar-refractivity contribution >= 4 is 11.8 Å². The smallest absolute Gasteiger partial charge is 0.309 e. The molecule has 5 heteroatoms. The molecule has 0 spiro atoms. The number of hydrogen-bond donors (Lipinski definition) is 3. The summed E-state index contributed by atoms with van der Waals surface area (Å²) in [6.07, 6.45) is 3.45. The average Bonchev–Trinajstić information content (AvgIpc) is 2.26. The van der Waals surface area contributed by atoms with E-state index in [1.165, 1.54) is 19.9 Å². The molecule has 1 fully saturated rings. The van der Waals surface area contributed by atoms with Gasteiger partial charge in [0.1, 0.15) is 0 Å². The largest absolute Gasteiger partial charge is 0.351 e. The molecule has 1 aliphatic rings. The van der Waals surface area contributed by atoms with Crippen molar-refractivity contribution in [2.24, 2.45) is 0 Å². The molecule has 1 saturated heterocycles. The number of amides is 2. The minimum absolute atomic E-state index is 0.317. The molecule has 80 valence electrons. The van der Waals surface area contributed by atoms with E-state index in [2.05, 4.69) is 16.0 Å². The molecular formula is C9H17N3O2. The Morgan fingerprint density at radius 2 is 2.14 bits per heavy atom. The first-order chi connectivity index (χ1) is 6.74. The first-order valence-corrected chi connectivity index (χ1v) is 4.97. The lowest BCUT2D eigenvalue weighted by molar-refractivity contribution is -0.138. The Labute approximate surface area is 83.6 Å². The van der Waals surface area contributed by atoms with Crippen LogP contribution in [0.4, 0.5) is 0 Å². The van der Waals surface area contributed by atoms with Crippen molar-refractivity contribution in [1.29, 1.82) is 0 Å². The molecule has 1 rings (SSSR count). The van der Waals surface area contributed by atoms with Gasteiger partial charge in [-0.05, 0) is 19.4 Å². The van der Waals surface area contributed by atoms with E-state index in [-0.39, 0.29) is 0 Å². The van der Waals surface area contributed by atoms with Gasteiger partial charge in [0.05, 0.1) is 0 Å². The maximum absolute atomic E-state index is 11.1. The molecule has 1 aliphatic heterocycles. The van der Waals surface area contributed by atoms with E-state index in [1.807, 2.05) is 0 Å². The van der Waals surface area contributed by atoms with E-state index in [9.17, 15) is 9.59 Å². The predicted octanol–water partition coefficient (Wildman–Crippen LogP) is -1.01. The Kier molecular flexibility index (Phi) is 4.39. The summed E-state index contributed by atoms with van der Waals surface area (Å²) in [6.45, 7) is 1.53. The second-order valence-corrected chi connectivity index (χ2v) is 3.44. The summed E-state index contributed by atoms with van der Waals surface area (Å²) in [5.74, 6) is -1.14. The topological polar surface area (TPSA) is 70.2 Å². The third-order valence-electron chi connectivity index (χ3n) is 2.35. The summed E-state index contributed by atoms with van der Waals surface area (Å²) in [6, 6.07) is 0.317. The Bertz CT molecular complexity index is 212. The number of carbonyl (C=O) groups excluding carboxylic acids is 2. The third kappa shape index (κ3) is 3.33. The molecule has 0 aromatic heterocycles. The quantitative estimate of drug-likeness (QED) is 0.499. The van der Waals surface area contributed by atoms with E-state index < -0.39 is 11.8 Å². The van der Waals surface area contributed by atoms with Gasteiger partial charge in [-0.2, -0.15) is 0 Å². The normalized spacial score (nSPS) is 21.4. The van der Waals surface area contributed by atoms with Crippen LogP contribution in [-0.2, 0) is 9.59 Å². The van der Waals surface area contributed by atoms with Crippen molar-refractivity contribution < 1.29 is 9.59 Å². The molecule has 5 nitrogen and oxygen atoms in total. The fourth-order valence-electron chi connectivity index (χ4n) is 1.51. The fraction of sp³-hybridized carbons (Fsp3) is 0.778. The number of carbonyl (C=O) groups is 2. The van der Waals surface area contributed by atoms with Crippen LogP contribution in [0.3, 0.4) is 0 Å². The number of likely N-dealkylation sites (N-methyl/N-ethyl adjacent to an activating group) is 1. The standard InChI is InChI=1S/C9H17N3O2/c1-10-8(13)9(14)12-6-7-4-2-3-5-11-7/h7,11H,2-6H2,1H3,(H,10,13)(H,12,14). The van der Waals surface area contributed by atoms with Crippen LogP contribution in [0.5, 0.6) is 0 Å². The zero-order valence-electron chi connectivity index (χ0n) is 8.43. The molecule has 3 N–H and O–H groups in total. The van der Waals surface area contributed by atoms with E-state index in [4.69, 9.17) is 0 Å². The molecule has 0 radical (unpaired) electrons. The number of piperidine rings is 1. The monoisotopic (exact) mass is 199 g/mol. The second-order valence-electron chi connectivity index (χ2n) is 3.44. The molecule has 1 atom stereocenters. The highest BCUT2D eigenvalue weighted by Crippen LogP contribution is 2.05. The lowest BCUT2D eigenvalue weighted by atomic mass is 10.1. The highest BCUT2D eigenvalue weighted by molar-refractivity contribution is 6.35. The van der Waals surface area contributed by atoms with Crippen LogP contribution < -0.4 is 16.0 Å². The summed E-state index contributed by atoms with van der Waals surface area (Å²) < 4.78 is 0. The maximum Gasteiger partial charge on any atom is 0.309 e. The minimum Gasteiger partial charge on any atom is -0.351 e. The molecule has 0 bridgehead atoms. The summed E-state index contributed by atoms with van der Waals surface area (Å²) in [5.41, 5.74) is 0. The fourth-order valence-corrected chi connectivity index (χ4v) is 1.51. The molecule has 14 heavy (non-hydrogen) atoms. The number of nitrogens with one attached hydrogen (secondary N) is 3. The lowest BCUT2D eigenvalue weighted by Gasteiger charge is -2.23. The Morgan fingerprint density at radius 1 is 1.36 bits per heavy atom. The van der Waals surface area contributed by atoms with Gasteiger partial charge in [0.25, 0.3) is 0 Å². The van der Waals surface area contributed by atoms with E-state index in [0.29, 0.717) is 12.6 Å². The van der Waals surface area contributed by atoms with Gasteiger partial charge < -0.3 is 16.0 Å². The van der Waals surface area contributed by atoms with Gasteiger partial charge in [-0.25, -0.2) is 0 Å². The molecule has 0 saturated carbocycles. The molecule has 1 heterocycles. The molecule has 1 unspecified atom stereocenters. The predicted molar refractivity (Wildman–Crippen MR) is 52.7 cm³/mol. The zero-order valence-corrected chi connectivity index (χ0v) is 8.43. The van der Waals surface area contributed by atoms with E-state index >= 15 is 0 Å².